The van der Waals surface area contributed by atoms with Crippen LogP contribution in [0.3, 0.4) is 0 Å². The molecule has 0 bridgehead atoms. The van der Waals surface area contributed by atoms with Crippen LogP contribution in [0.5, 0.6) is 0 Å². The molecule has 2 heterocycles. The van der Waals surface area contributed by atoms with E-state index in [0.29, 0.717) is 4.57 Å². The van der Waals surface area contributed by atoms with Crippen molar-refractivity contribution in [2.45, 2.75) is 0 Å². The predicted molar refractivity (Wildman–Crippen MR) is 51.2 cm³/mol. The highest BCUT2D eigenvalue weighted by Gasteiger charge is 2.11. The van der Waals surface area contributed by atoms with Crippen LogP contribution in [0, 0.1) is 0 Å². The highest BCUT2D eigenvalue weighted by atomic mass is 16.2. The van der Waals surface area contributed by atoms with Gasteiger partial charge >= 0.3 is 5.69 Å². The second kappa shape index (κ2) is 2.57. The molecule has 0 unspecified atom stereocenters. The highest BCUT2D eigenvalue weighted by Crippen LogP contribution is 2.01. The number of hydrogen-bond acceptors (Lipinski definition) is 3. The molecule has 0 aromatic carbocycles. The van der Waals surface area contributed by atoms with Crippen molar-refractivity contribution >= 4 is 11.2 Å². The summed E-state index contributed by atoms with van der Waals surface area (Å²) >= 11 is 0. The molecule has 0 aliphatic heterocycles. The topological polar surface area (TPSA) is 61.8 Å². The predicted octanol–water partition coefficient (Wildman–Crippen LogP) is -1.03. The zero-order chi connectivity index (χ0) is 12.6. The van der Waals surface area contributed by atoms with Crippen LogP contribution in [0.2, 0.25) is 0 Å². The van der Waals surface area contributed by atoms with Crippen molar-refractivity contribution in [2.75, 3.05) is 0 Å². The summed E-state index contributed by atoms with van der Waals surface area (Å²) in [5, 5.41) is 0. The summed E-state index contributed by atoms with van der Waals surface area (Å²) in [4.78, 5) is 27.5. The second-order valence-electron chi connectivity index (χ2n) is 2.83. The van der Waals surface area contributed by atoms with Crippen molar-refractivity contribution in [1.82, 2.24) is 18.7 Å². The third kappa shape index (κ3) is 0.876. The Balaban J connectivity index is 3.04. The molecule has 74 valence electrons. The lowest BCUT2D eigenvalue weighted by Gasteiger charge is -2.02. The Morgan fingerprint density at radius 1 is 1.29 bits per heavy atom. The summed E-state index contributed by atoms with van der Waals surface area (Å²) in [5.74, 6) is 0. The van der Waals surface area contributed by atoms with E-state index in [2.05, 4.69) is 4.98 Å². The van der Waals surface area contributed by atoms with Gasteiger partial charge in [-0.1, -0.05) is 0 Å². The normalized spacial score (nSPS) is 13.9. The number of aryl methyl sites for hydroxylation is 2. The molecular weight excluding hydrogens is 184 g/mol. The van der Waals surface area contributed by atoms with Crippen LogP contribution >= 0.6 is 0 Å². The molecule has 0 N–H and O–H groups in total. The van der Waals surface area contributed by atoms with Gasteiger partial charge in [0.15, 0.2) is 11.2 Å². The summed E-state index contributed by atoms with van der Waals surface area (Å²) in [5.41, 5.74) is -1.19. The van der Waals surface area contributed by atoms with Gasteiger partial charge < -0.3 is 4.57 Å². The van der Waals surface area contributed by atoms with Crippen LogP contribution in [0.4, 0.5) is 0 Å². The fourth-order valence-corrected chi connectivity index (χ4v) is 1.24. The lowest BCUT2D eigenvalue weighted by atomic mass is 10.5. The maximum atomic E-state index is 11.9. The van der Waals surface area contributed by atoms with Crippen molar-refractivity contribution in [2.24, 2.45) is 21.1 Å². The monoisotopic (exact) mass is 197 g/mol. The number of fused-ring (bicyclic) bond motifs is 1. The van der Waals surface area contributed by atoms with Crippen LogP contribution in [-0.4, -0.2) is 18.7 Å². The van der Waals surface area contributed by atoms with Crippen LogP contribution in [-0.2, 0) is 21.1 Å². The van der Waals surface area contributed by atoms with Gasteiger partial charge in [0.2, 0.25) is 0 Å². The van der Waals surface area contributed by atoms with Crippen molar-refractivity contribution < 1.29 is 4.11 Å². The number of rotatable bonds is 0. The van der Waals surface area contributed by atoms with E-state index in [1.54, 1.807) is 0 Å². The SMILES string of the molecule is [2H]Cn1c(=O)c2c(ncn2C[2H])n(C[2H])c1=O. The number of hydrogen-bond donors (Lipinski definition) is 0. The van der Waals surface area contributed by atoms with Crippen LogP contribution in [0.25, 0.3) is 11.2 Å². The van der Waals surface area contributed by atoms with Gasteiger partial charge in [-0.2, -0.15) is 0 Å². The minimum Gasteiger partial charge on any atom is -0.328 e. The summed E-state index contributed by atoms with van der Waals surface area (Å²) in [6.07, 6.45) is 1.28. The van der Waals surface area contributed by atoms with Crippen molar-refractivity contribution in [3.05, 3.63) is 27.2 Å². The van der Waals surface area contributed by atoms with Gasteiger partial charge in [0.25, 0.3) is 5.56 Å². The molecule has 6 nitrogen and oxygen atoms in total. The lowest BCUT2D eigenvalue weighted by Crippen LogP contribution is -2.37. The van der Waals surface area contributed by atoms with E-state index in [1.165, 1.54) is 10.9 Å². The molecule has 0 saturated heterocycles. The van der Waals surface area contributed by atoms with E-state index < -0.39 is 18.3 Å². The zero-order valence-electron chi connectivity index (χ0n) is 10.3. The molecule has 2 aromatic rings. The molecule has 0 atom stereocenters. The molecule has 2 rings (SSSR count). The van der Waals surface area contributed by atoms with Gasteiger partial charge in [-0.3, -0.25) is 13.9 Å². The van der Waals surface area contributed by atoms with Gasteiger partial charge in [0, 0.05) is 25.2 Å². The quantitative estimate of drug-likeness (QED) is 0.542. The Hall–Kier alpha value is -1.85. The second-order valence-corrected chi connectivity index (χ2v) is 2.83. The molecule has 0 aliphatic rings. The minimum atomic E-state index is -0.720. The molecule has 0 amide bonds. The average Bonchev–Trinajstić information content (AvgIpc) is 2.74. The van der Waals surface area contributed by atoms with Crippen molar-refractivity contribution in [3.8, 4) is 0 Å². The van der Waals surface area contributed by atoms with E-state index in [4.69, 9.17) is 4.11 Å². The Kier molecular flexibility index (Phi) is 1.06. The largest absolute Gasteiger partial charge is 0.332 e. The molecule has 0 aliphatic carbocycles. The highest BCUT2D eigenvalue weighted by molar-refractivity contribution is 5.69. The molecule has 0 saturated carbocycles. The number of aromatic nitrogens is 4. The third-order valence-electron chi connectivity index (χ3n) is 1.98. The fourth-order valence-electron chi connectivity index (χ4n) is 1.24. The van der Waals surface area contributed by atoms with Crippen LogP contribution in [0.15, 0.2) is 15.9 Å². The van der Waals surface area contributed by atoms with E-state index in [9.17, 15) is 9.59 Å². The Labute approximate surface area is 83.2 Å². The summed E-state index contributed by atoms with van der Waals surface area (Å²) in [6.45, 7) is 0. The fraction of sp³-hybridized carbons (Fsp3) is 0.375. The molecule has 2 aromatic heterocycles. The summed E-state index contributed by atoms with van der Waals surface area (Å²) in [7, 11) is -1.11. The zero-order valence-corrected chi connectivity index (χ0v) is 7.30. The first kappa shape index (κ1) is 5.79. The molecule has 14 heavy (non-hydrogen) atoms. The van der Waals surface area contributed by atoms with E-state index in [1.807, 2.05) is 0 Å². The number of nitrogens with zero attached hydrogens (tertiary/aromatic N) is 4. The van der Waals surface area contributed by atoms with E-state index >= 15 is 0 Å². The Bertz CT molecular complexity index is 672. The number of imidazole rings is 1. The van der Waals surface area contributed by atoms with E-state index in [-0.39, 0.29) is 25.2 Å². The first-order valence-electron chi connectivity index (χ1n) is 5.84. The Morgan fingerprint density at radius 2 is 2.07 bits per heavy atom. The van der Waals surface area contributed by atoms with Gasteiger partial charge in [0.1, 0.15) is 0 Å². The Morgan fingerprint density at radius 3 is 2.71 bits per heavy atom. The van der Waals surface area contributed by atoms with Crippen molar-refractivity contribution in [3.63, 3.8) is 0 Å². The third-order valence-corrected chi connectivity index (χ3v) is 1.98. The van der Waals surface area contributed by atoms with Crippen LogP contribution in [0.1, 0.15) is 4.11 Å². The molecule has 0 spiro atoms. The van der Waals surface area contributed by atoms with Gasteiger partial charge in [-0.05, 0) is 0 Å². The standard InChI is InChI=1S/C8H10N4O2/c1-10-4-9-6-5(10)7(13)12(3)8(14)11(6)2/h4H,1-3H3/i1D,2D,3D. The van der Waals surface area contributed by atoms with Gasteiger partial charge in [0.05, 0.1) is 6.33 Å². The average molecular weight is 197 g/mol. The van der Waals surface area contributed by atoms with Crippen LogP contribution < -0.4 is 11.2 Å². The summed E-state index contributed by atoms with van der Waals surface area (Å²) in [6, 6.07) is 0. The van der Waals surface area contributed by atoms with E-state index in [0.717, 1.165) is 4.57 Å². The first-order valence-corrected chi connectivity index (χ1v) is 3.71. The van der Waals surface area contributed by atoms with Crippen molar-refractivity contribution in [1.29, 1.82) is 0 Å². The first-order chi connectivity index (χ1) is 8.15. The molecule has 0 radical (unpaired) electrons. The minimum absolute atomic E-state index is 0.0825. The molecular formula is C8H10N4O2. The molecule has 6 heteroatoms. The maximum Gasteiger partial charge on any atom is 0.332 e. The van der Waals surface area contributed by atoms with Gasteiger partial charge in [-0.25, -0.2) is 9.78 Å². The maximum absolute atomic E-state index is 11.9. The summed E-state index contributed by atoms with van der Waals surface area (Å²) < 4.78 is 24.7. The lowest BCUT2D eigenvalue weighted by molar-refractivity contribution is 0.705. The smallest absolute Gasteiger partial charge is 0.328 e. The molecule has 0 fully saturated rings. The van der Waals surface area contributed by atoms with Gasteiger partial charge in [-0.15, -0.1) is 0 Å².